The van der Waals surface area contributed by atoms with Crippen molar-refractivity contribution in [1.29, 1.82) is 0 Å². The summed E-state index contributed by atoms with van der Waals surface area (Å²) in [5.74, 6) is 2.08. The first kappa shape index (κ1) is 14.3. The van der Waals surface area contributed by atoms with Crippen LogP contribution in [0.5, 0.6) is 0 Å². The van der Waals surface area contributed by atoms with Gasteiger partial charge in [0.25, 0.3) is 0 Å². The maximum absolute atomic E-state index is 11.1. The average molecular weight is 265 g/mol. The van der Waals surface area contributed by atoms with E-state index in [4.69, 9.17) is 0 Å². The van der Waals surface area contributed by atoms with Gasteiger partial charge in [0.05, 0.1) is 0 Å². The van der Waals surface area contributed by atoms with Crippen molar-refractivity contribution in [1.82, 2.24) is 4.90 Å². The van der Waals surface area contributed by atoms with Gasteiger partial charge in [-0.15, -0.1) is 0 Å². The third-order valence-electron chi connectivity index (χ3n) is 3.28. The number of hydrogen-bond acceptors (Lipinski definition) is 2. The largest absolute Gasteiger partial charge is 0.302 e. The van der Waals surface area contributed by atoms with Crippen molar-refractivity contribution in [3.8, 4) is 0 Å². The van der Waals surface area contributed by atoms with E-state index in [2.05, 4.69) is 30.0 Å². The Balaban J connectivity index is 1.89. The zero-order valence-electron chi connectivity index (χ0n) is 11.8. The predicted molar refractivity (Wildman–Crippen MR) is 82.9 cm³/mol. The van der Waals surface area contributed by atoms with Crippen LogP contribution in [0.25, 0.3) is 5.57 Å². The Labute approximate surface area is 120 Å². The van der Waals surface area contributed by atoms with Gasteiger partial charge in [-0.1, -0.05) is 60.7 Å². The van der Waals surface area contributed by atoms with Crippen LogP contribution in [0.3, 0.4) is 0 Å². The van der Waals surface area contributed by atoms with Gasteiger partial charge in [-0.3, -0.25) is 0 Å². The van der Waals surface area contributed by atoms with Crippen LogP contribution in [-0.2, 0) is 11.3 Å². The lowest BCUT2D eigenvalue weighted by Crippen LogP contribution is -2.19. The molecular weight excluding hydrogens is 246 g/mol. The van der Waals surface area contributed by atoms with E-state index < -0.39 is 0 Å². The molecule has 0 fully saturated rings. The highest BCUT2D eigenvalue weighted by Gasteiger charge is 2.05. The zero-order valence-corrected chi connectivity index (χ0v) is 11.8. The average Bonchev–Trinajstić information content (AvgIpc) is 2.50. The normalized spacial score (nSPS) is 10.3. The molecule has 0 aliphatic carbocycles. The van der Waals surface area contributed by atoms with E-state index in [0.29, 0.717) is 0 Å². The number of nitrogens with zero attached hydrogens (tertiary/aromatic N) is 1. The van der Waals surface area contributed by atoms with Crippen LogP contribution in [-0.4, -0.2) is 24.4 Å². The third kappa shape index (κ3) is 4.20. The Kier molecular flexibility index (Phi) is 5.31. The van der Waals surface area contributed by atoms with Crippen molar-refractivity contribution < 1.29 is 4.79 Å². The molecule has 0 heterocycles. The molecule has 0 bridgehead atoms. The molecule has 0 atom stereocenters. The lowest BCUT2D eigenvalue weighted by molar-refractivity contribution is 0.335. The van der Waals surface area contributed by atoms with Crippen molar-refractivity contribution in [2.24, 2.45) is 0 Å². The second-order valence-electron chi connectivity index (χ2n) is 4.92. The van der Waals surface area contributed by atoms with Gasteiger partial charge in [-0.05, 0) is 24.6 Å². The predicted octanol–water partition coefficient (Wildman–Crippen LogP) is 3.42. The lowest BCUT2D eigenvalue weighted by Gasteiger charge is -2.16. The van der Waals surface area contributed by atoms with Crippen LogP contribution < -0.4 is 0 Å². The molecule has 2 aromatic carbocycles. The van der Waals surface area contributed by atoms with E-state index in [-0.39, 0.29) is 0 Å². The standard InChI is InChI=1S/C18H19NO/c1-19(14-16-8-4-2-5-9-16)13-12-18(15-20)17-10-6-3-7-11-17/h2-11H,12-14H2,1H3. The van der Waals surface area contributed by atoms with Crippen LogP contribution in [0.4, 0.5) is 0 Å². The fourth-order valence-electron chi connectivity index (χ4n) is 2.17. The Morgan fingerprint density at radius 3 is 2.20 bits per heavy atom. The first-order chi connectivity index (χ1) is 9.79. The molecule has 2 rings (SSSR count). The highest BCUT2D eigenvalue weighted by Crippen LogP contribution is 2.15. The minimum Gasteiger partial charge on any atom is -0.302 e. The summed E-state index contributed by atoms with van der Waals surface area (Å²) in [6, 6.07) is 20.1. The second kappa shape index (κ2) is 7.44. The van der Waals surface area contributed by atoms with Gasteiger partial charge in [0.1, 0.15) is 5.94 Å². The first-order valence-electron chi connectivity index (χ1n) is 6.81. The maximum Gasteiger partial charge on any atom is 0.128 e. The molecule has 0 aromatic heterocycles. The van der Waals surface area contributed by atoms with Crippen molar-refractivity contribution in [2.45, 2.75) is 13.0 Å². The van der Waals surface area contributed by atoms with Crippen molar-refractivity contribution in [3.63, 3.8) is 0 Å². The molecule has 0 radical (unpaired) electrons. The topological polar surface area (TPSA) is 20.3 Å². The molecular formula is C18H19NO. The van der Waals surface area contributed by atoms with E-state index >= 15 is 0 Å². The number of rotatable bonds is 6. The molecule has 0 spiro atoms. The fourth-order valence-corrected chi connectivity index (χ4v) is 2.17. The summed E-state index contributed by atoms with van der Waals surface area (Å²) in [6.07, 6.45) is 0.719. The molecule has 0 aliphatic heterocycles. The number of benzene rings is 2. The summed E-state index contributed by atoms with van der Waals surface area (Å²) in [4.78, 5) is 13.3. The van der Waals surface area contributed by atoms with Crippen molar-refractivity contribution in [3.05, 3.63) is 71.8 Å². The zero-order chi connectivity index (χ0) is 14.2. The summed E-state index contributed by atoms with van der Waals surface area (Å²) >= 11 is 0. The summed E-state index contributed by atoms with van der Waals surface area (Å²) in [7, 11) is 2.07. The Morgan fingerprint density at radius 2 is 1.60 bits per heavy atom. The summed E-state index contributed by atoms with van der Waals surface area (Å²) < 4.78 is 0. The van der Waals surface area contributed by atoms with E-state index in [0.717, 1.165) is 30.6 Å². The summed E-state index contributed by atoms with van der Waals surface area (Å²) in [5.41, 5.74) is 2.99. The molecule has 0 saturated carbocycles. The molecule has 102 valence electrons. The highest BCUT2D eigenvalue weighted by molar-refractivity contribution is 5.87. The molecule has 2 aromatic rings. The van der Waals surface area contributed by atoms with Gasteiger partial charge in [0, 0.05) is 18.7 Å². The third-order valence-corrected chi connectivity index (χ3v) is 3.28. The number of carbonyl (C=O) groups excluding carboxylic acids is 1. The smallest absolute Gasteiger partial charge is 0.128 e. The molecule has 0 N–H and O–H groups in total. The minimum absolute atomic E-state index is 0.719. The first-order valence-corrected chi connectivity index (χ1v) is 6.81. The molecule has 2 heteroatoms. The molecule has 0 amide bonds. The quantitative estimate of drug-likeness (QED) is 0.746. The second-order valence-corrected chi connectivity index (χ2v) is 4.92. The number of hydrogen-bond donors (Lipinski definition) is 0. The minimum atomic E-state index is 0.719. The van der Waals surface area contributed by atoms with Gasteiger partial charge in [0.15, 0.2) is 0 Å². The van der Waals surface area contributed by atoms with Crippen molar-refractivity contribution in [2.75, 3.05) is 13.6 Å². The monoisotopic (exact) mass is 265 g/mol. The molecule has 0 unspecified atom stereocenters. The summed E-state index contributed by atoms with van der Waals surface area (Å²) in [5, 5.41) is 0. The van der Waals surface area contributed by atoms with E-state index in [1.165, 1.54) is 5.56 Å². The highest BCUT2D eigenvalue weighted by atomic mass is 16.1. The van der Waals surface area contributed by atoms with Crippen molar-refractivity contribution >= 4 is 11.5 Å². The van der Waals surface area contributed by atoms with Gasteiger partial charge in [0.2, 0.25) is 0 Å². The molecule has 0 aliphatic rings. The lowest BCUT2D eigenvalue weighted by atomic mass is 10.0. The Bertz CT molecular complexity index is 571. The van der Waals surface area contributed by atoms with Crippen LogP contribution >= 0.6 is 0 Å². The Hall–Kier alpha value is -2.15. The van der Waals surface area contributed by atoms with Crippen LogP contribution in [0, 0.1) is 0 Å². The van der Waals surface area contributed by atoms with Crippen LogP contribution in [0.15, 0.2) is 60.7 Å². The SMILES string of the molecule is CN(CCC(=C=O)c1ccccc1)Cc1ccccc1. The summed E-state index contributed by atoms with van der Waals surface area (Å²) in [6.45, 7) is 1.73. The molecule has 20 heavy (non-hydrogen) atoms. The van der Waals surface area contributed by atoms with Crippen LogP contribution in [0.2, 0.25) is 0 Å². The van der Waals surface area contributed by atoms with Gasteiger partial charge in [-0.2, -0.15) is 0 Å². The van der Waals surface area contributed by atoms with Gasteiger partial charge in [-0.25, -0.2) is 4.79 Å². The van der Waals surface area contributed by atoms with E-state index in [9.17, 15) is 4.79 Å². The molecule has 0 saturated heterocycles. The van der Waals surface area contributed by atoms with Crippen LogP contribution in [0.1, 0.15) is 17.5 Å². The van der Waals surface area contributed by atoms with Gasteiger partial charge < -0.3 is 4.90 Å². The fraction of sp³-hybridized carbons (Fsp3) is 0.222. The van der Waals surface area contributed by atoms with Gasteiger partial charge >= 0.3 is 0 Å². The molecule has 2 nitrogen and oxygen atoms in total. The van der Waals surface area contributed by atoms with E-state index in [1.807, 2.05) is 48.5 Å². The maximum atomic E-state index is 11.1. The van der Waals surface area contributed by atoms with E-state index in [1.54, 1.807) is 0 Å². The Morgan fingerprint density at radius 1 is 1.00 bits per heavy atom.